The number of esters is 1. The fourth-order valence-electron chi connectivity index (χ4n) is 1.65. The van der Waals surface area contributed by atoms with Crippen LogP contribution in [0.2, 0.25) is 0 Å². The molecule has 0 amide bonds. The lowest BCUT2D eigenvalue weighted by molar-refractivity contribution is -0.138. The predicted molar refractivity (Wildman–Crippen MR) is 75.7 cm³/mol. The van der Waals surface area contributed by atoms with Crippen molar-refractivity contribution in [2.75, 3.05) is 27.8 Å². The second-order valence-corrected chi connectivity index (χ2v) is 4.26. The van der Waals surface area contributed by atoms with Gasteiger partial charge < -0.3 is 14.4 Å². The quantitative estimate of drug-likeness (QED) is 0.261. The highest BCUT2D eigenvalue weighted by Crippen LogP contribution is 2.21. The Morgan fingerprint density at radius 2 is 1.90 bits per heavy atom. The highest BCUT2D eigenvalue weighted by Gasteiger charge is 2.24. The van der Waals surface area contributed by atoms with Gasteiger partial charge >= 0.3 is 5.97 Å². The van der Waals surface area contributed by atoms with Crippen molar-refractivity contribution in [3.05, 3.63) is 41.6 Å². The molecule has 0 fully saturated rings. The van der Waals surface area contributed by atoms with E-state index in [1.165, 1.54) is 13.3 Å². The Bertz CT molecular complexity index is 520. The van der Waals surface area contributed by atoms with Gasteiger partial charge in [0.1, 0.15) is 11.3 Å². The zero-order valence-electron chi connectivity index (χ0n) is 12.2. The molecule has 0 heterocycles. The number of Topliss-reactive ketones (excluding diaryl/α,β-unsaturated/α-hetero) is 1. The number of para-hydroxylation sites is 1. The van der Waals surface area contributed by atoms with Crippen molar-refractivity contribution in [2.45, 2.75) is 6.92 Å². The third-order valence-electron chi connectivity index (χ3n) is 2.48. The molecule has 0 aromatic heterocycles. The van der Waals surface area contributed by atoms with Crippen LogP contribution < -0.4 is 4.74 Å². The van der Waals surface area contributed by atoms with Gasteiger partial charge in [0.05, 0.1) is 19.3 Å². The molecule has 0 aliphatic heterocycles. The summed E-state index contributed by atoms with van der Waals surface area (Å²) < 4.78 is 10.1. The number of hydrogen-bond donors (Lipinski definition) is 0. The Morgan fingerprint density at radius 3 is 2.45 bits per heavy atom. The van der Waals surface area contributed by atoms with Crippen LogP contribution in [-0.2, 0) is 9.53 Å². The second-order valence-electron chi connectivity index (χ2n) is 4.26. The zero-order valence-corrected chi connectivity index (χ0v) is 12.2. The normalized spacial score (nSPS) is 10.9. The Hall–Kier alpha value is -2.30. The standard InChI is InChI=1S/C15H19NO4/c1-5-20-15(18)12(10-16(2)3)14(17)11-8-6-7-9-13(11)19-4/h6-10H,5H2,1-4H3/b12-10-. The van der Waals surface area contributed by atoms with Gasteiger partial charge in [-0.3, -0.25) is 4.79 Å². The topological polar surface area (TPSA) is 55.8 Å². The van der Waals surface area contributed by atoms with Gasteiger partial charge in [-0.25, -0.2) is 4.79 Å². The molecule has 1 rings (SSSR count). The molecule has 0 saturated heterocycles. The van der Waals surface area contributed by atoms with Gasteiger partial charge in [0.15, 0.2) is 0 Å². The van der Waals surface area contributed by atoms with Gasteiger partial charge in [0.2, 0.25) is 5.78 Å². The van der Waals surface area contributed by atoms with Gasteiger partial charge in [-0.15, -0.1) is 0 Å². The molecule has 0 N–H and O–H groups in total. The summed E-state index contributed by atoms with van der Waals surface area (Å²) in [7, 11) is 4.94. The number of methoxy groups -OCH3 is 1. The van der Waals surface area contributed by atoms with Crippen LogP contribution in [0.3, 0.4) is 0 Å². The Balaban J connectivity index is 3.20. The van der Waals surface area contributed by atoms with Gasteiger partial charge in [-0.05, 0) is 19.1 Å². The van der Waals surface area contributed by atoms with Crippen LogP contribution in [0.5, 0.6) is 5.75 Å². The van der Waals surface area contributed by atoms with Crippen LogP contribution in [0.25, 0.3) is 0 Å². The number of rotatable bonds is 6. The van der Waals surface area contributed by atoms with Crippen molar-refractivity contribution in [1.29, 1.82) is 0 Å². The van der Waals surface area contributed by atoms with E-state index in [-0.39, 0.29) is 12.2 Å². The van der Waals surface area contributed by atoms with Crippen LogP contribution in [-0.4, -0.2) is 44.5 Å². The Kier molecular flexibility index (Phi) is 5.77. The molecule has 0 radical (unpaired) electrons. The molecule has 0 spiro atoms. The zero-order chi connectivity index (χ0) is 15.1. The average molecular weight is 277 g/mol. The summed E-state index contributed by atoms with van der Waals surface area (Å²) in [5.74, 6) is -0.641. The third-order valence-corrected chi connectivity index (χ3v) is 2.48. The van der Waals surface area contributed by atoms with Crippen LogP contribution in [0.15, 0.2) is 36.0 Å². The SMILES string of the molecule is CCOC(=O)/C(=C\N(C)C)C(=O)c1ccccc1OC. The van der Waals surface area contributed by atoms with Crippen LogP contribution in [0.4, 0.5) is 0 Å². The maximum Gasteiger partial charge on any atom is 0.343 e. The first-order valence-corrected chi connectivity index (χ1v) is 6.24. The minimum Gasteiger partial charge on any atom is -0.496 e. The number of carbonyl (C=O) groups is 2. The first kappa shape index (κ1) is 15.8. The molecular formula is C15H19NO4. The number of benzene rings is 1. The van der Waals surface area contributed by atoms with E-state index in [4.69, 9.17) is 9.47 Å². The minimum absolute atomic E-state index is 0.0265. The Morgan fingerprint density at radius 1 is 1.25 bits per heavy atom. The highest BCUT2D eigenvalue weighted by atomic mass is 16.5. The summed E-state index contributed by atoms with van der Waals surface area (Å²) in [5, 5.41) is 0. The van der Waals surface area contributed by atoms with E-state index >= 15 is 0 Å². The summed E-state index contributed by atoms with van der Waals surface area (Å²) in [4.78, 5) is 26.0. The molecular weight excluding hydrogens is 258 g/mol. The van der Waals surface area contributed by atoms with Crippen molar-refractivity contribution in [3.8, 4) is 5.75 Å². The first-order chi connectivity index (χ1) is 9.51. The molecule has 20 heavy (non-hydrogen) atoms. The molecule has 1 aromatic rings. The fraction of sp³-hybridized carbons (Fsp3) is 0.333. The predicted octanol–water partition coefficient (Wildman–Crippen LogP) is 1.89. The number of ether oxygens (including phenoxy) is 2. The monoisotopic (exact) mass is 277 g/mol. The lowest BCUT2D eigenvalue weighted by Gasteiger charge is -2.12. The second kappa shape index (κ2) is 7.33. The Labute approximate surface area is 118 Å². The van der Waals surface area contributed by atoms with Gasteiger partial charge in [-0.2, -0.15) is 0 Å². The number of nitrogens with zero attached hydrogens (tertiary/aromatic N) is 1. The highest BCUT2D eigenvalue weighted by molar-refractivity contribution is 6.25. The summed E-state index contributed by atoms with van der Waals surface area (Å²) in [6.07, 6.45) is 1.45. The van der Waals surface area contributed by atoms with E-state index in [0.717, 1.165) is 0 Å². The number of carbonyl (C=O) groups excluding carboxylic acids is 2. The van der Waals surface area contributed by atoms with E-state index in [9.17, 15) is 9.59 Å². The molecule has 0 saturated carbocycles. The first-order valence-electron chi connectivity index (χ1n) is 6.24. The summed E-state index contributed by atoms with van der Waals surface area (Å²) in [5.41, 5.74) is 0.303. The molecule has 0 unspecified atom stereocenters. The molecule has 5 nitrogen and oxygen atoms in total. The van der Waals surface area contributed by atoms with Crippen molar-refractivity contribution < 1.29 is 19.1 Å². The molecule has 108 valence electrons. The van der Waals surface area contributed by atoms with E-state index in [0.29, 0.717) is 11.3 Å². The summed E-state index contributed by atoms with van der Waals surface area (Å²) in [6, 6.07) is 6.76. The van der Waals surface area contributed by atoms with Gasteiger partial charge in [0, 0.05) is 20.3 Å². The lowest BCUT2D eigenvalue weighted by atomic mass is 10.0. The van der Waals surface area contributed by atoms with Crippen molar-refractivity contribution >= 4 is 11.8 Å². The van der Waals surface area contributed by atoms with Gasteiger partial charge in [0.25, 0.3) is 0 Å². The lowest BCUT2D eigenvalue weighted by Crippen LogP contribution is -2.19. The van der Waals surface area contributed by atoms with Crippen molar-refractivity contribution in [2.24, 2.45) is 0 Å². The molecule has 5 heteroatoms. The third kappa shape index (κ3) is 3.85. The molecule has 0 aliphatic rings. The smallest absolute Gasteiger partial charge is 0.343 e. The molecule has 0 bridgehead atoms. The number of ketones is 1. The van der Waals surface area contributed by atoms with Crippen LogP contribution in [0, 0.1) is 0 Å². The van der Waals surface area contributed by atoms with Crippen molar-refractivity contribution in [1.82, 2.24) is 4.90 Å². The summed E-state index contributed by atoms with van der Waals surface area (Å²) >= 11 is 0. The van der Waals surface area contributed by atoms with E-state index < -0.39 is 11.8 Å². The maximum absolute atomic E-state index is 12.5. The van der Waals surface area contributed by atoms with Crippen LogP contribution in [0.1, 0.15) is 17.3 Å². The van der Waals surface area contributed by atoms with Crippen molar-refractivity contribution in [3.63, 3.8) is 0 Å². The molecule has 0 atom stereocenters. The number of hydrogen-bond acceptors (Lipinski definition) is 5. The average Bonchev–Trinajstić information content (AvgIpc) is 2.44. The largest absolute Gasteiger partial charge is 0.496 e. The van der Waals surface area contributed by atoms with E-state index in [1.54, 1.807) is 50.2 Å². The van der Waals surface area contributed by atoms with Crippen LogP contribution >= 0.6 is 0 Å². The summed E-state index contributed by atoms with van der Waals surface area (Å²) in [6.45, 7) is 1.90. The molecule has 1 aromatic carbocycles. The maximum atomic E-state index is 12.5. The minimum atomic E-state index is -0.642. The molecule has 0 aliphatic carbocycles. The van der Waals surface area contributed by atoms with Gasteiger partial charge in [-0.1, -0.05) is 12.1 Å². The fourth-order valence-corrected chi connectivity index (χ4v) is 1.65. The van der Waals surface area contributed by atoms with E-state index in [2.05, 4.69) is 0 Å². The van der Waals surface area contributed by atoms with E-state index in [1.807, 2.05) is 0 Å².